The third-order valence-corrected chi connectivity index (χ3v) is 8.44. The number of rotatable bonds is 10. The molecule has 1 atom stereocenters. The highest BCUT2D eigenvalue weighted by Gasteiger charge is 2.33. The number of aromatic nitrogens is 4. The molecular weight excluding hydrogens is 606 g/mol. The minimum absolute atomic E-state index is 0.100. The number of hydrogen-bond acceptors (Lipinski definition) is 7. The molecule has 6 rings (SSSR count). The predicted octanol–water partition coefficient (Wildman–Crippen LogP) is 6.68. The Balaban J connectivity index is 1.38. The molecule has 2 amide bonds. The summed E-state index contributed by atoms with van der Waals surface area (Å²) in [6.07, 6.45) is 0. The van der Waals surface area contributed by atoms with Crippen LogP contribution < -0.4 is 10.2 Å². The van der Waals surface area contributed by atoms with Gasteiger partial charge in [0, 0.05) is 41.4 Å². The second-order valence-electron chi connectivity index (χ2n) is 10.6. The van der Waals surface area contributed by atoms with Gasteiger partial charge in [-0.05, 0) is 54.1 Å². The van der Waals surface area contributed by atoms with Crippen molar-refractivity contribution < 1.29 is 9.59 Å². The first-order valence-electron chi connectivity index (χ1n) is 14.3. The van der Waals surface area contributed by atoms with Crippen molar-refractivity contribution in [2.24, 2.45) is 0 Å². The maximum Gasteiger partial charge on any atom is 0.251 e. The Bertz CT molecular complexity index is 1920. The number of fused-ring (bicyclic) bond motifs is 1. The van der Waals surface area contributed by atoms with E-state index in [2.05, 4.69) is 15.6 Å². The summed E-state index contributed by atoms with van der Waals surface area (Å²) in [5.74, 6) is -0.688. The lowest BCUT2D eigenvalue weighted by Gasteiger charge is -2.31. The van der Waals surface area contributed by atoms with Gasteiger partial charge in [0.25, 0.3) is 5.91 Å². The Labute approximate surface area is 269 Å². The monoisotopic (exact) mass is 635 g/mol. The maximum atomic E-state index is 14.3. The summed E-state index contributed by atoms with van der Waals surface area (Å²) >= 11 is 7.68. The van der Waals surface area contributed by atoms with Gasteiger partial charge in [-0.15, -0.1) is 16.4 Å². The molecular formula is C34H30ClN7O2S. The molecule has 0 saturated heterocycles. The standard InChI is InChI=1S/C34H30ClN7O2S/c1-40(2)27-18-16-26(17-19-27)36-34(44)33(24-12-14-25(35)15-13-24)41(20-31-37-29(22-45-31)23-8-4-3-5-9-23)32(43)21-42-30-11-7-6-10-28(30)38-39-42/h3-19,22,33H,20-21H2,1-2H3,(H,36,44)/t33-/m0/s1. The molecule has 0 saturated carbocycles. The van der Waals surface area contributed by atoms with Gasteiger partial charge in [-0.25, -0.2) is 9.67 Å². The molecule has 0 radical (unpaired) electrons. The summed E-state index contributed by atoms with van der Waals surface area (Å²) in [5, 5.41) is 14.6. The first kappa shape index (κ1) is 30.0. The molecule has 0 bridgehead atoms. The average molecular weight is 636 g/mol. The number of hydrogen-bond donors (Lipinski definition) is 1. The molecule has 2 heterocycles. The van der Waals surface area contributed by atoms with Crippen LogP contribution in [0, 0.1) is 0 Å². The highest BCUT2D eigenvalue weighted by molar-refractivity contribution is 7.09. The number of carbonyl (C=O) groups is 2. The zero-order valence-electron chi connectivity index (χ0n) is 24.7. The van der Waals surface area contributed by atoms with Crippen LogP contribution in [-0.4, -0.2) is 50.8 Å². The predicted molar refractivity (Wildman–Crippen MR) is 179 cm³/mol. The van der Waals surface area contributed by atoms with Gasteiger partial charge >= 0.3 is 0 Å². The number of para-hydroxylation sites is 1. The molecule has 0 aliphatic carbocycles. The Morgan fingerprint density at radius 3 is 2.36 bits per heavy atom. The summed E-state index contributed by atoms with van der Waals surface area (Å²) in [4.78, 5) is 36.9. The van der Waals surface area contributed by atoms with Crippen LogP contribution >= 0.6 is 22.9 Å². The molecule has 11 heteroatoms. The first-order chi connectivity index (χ1) is 21.9. The molecule has 0 aliphatic rings. The van der Waals surface area contributed by atoms with E-state index in [4.69, 9.17) is 16.6 Å². The number of carbonyl (C=O) groups excluding carboxylic acids is 2. The molecule has 226 valence electrons. The van der Waals surface area contributed by atoms with Gasteiger partial charge in [0.2, 0.25) is 5.91 Å². The third kappa shape index (κ3) is 6.87. The number of nitrogens with zero attached hydrogens (tertiary/aromatic N) is 6. The van der Waals surface area contributed by atoms with Crippen LogP contribution in [0.25, 0.3) is 22.3 Å². The van der Waals surface area contributed by atoms with E-state index in [0.29, 0.717) is 26.8 Å². The van der Waals surface area contributed by atoms with E-state index in [9.17, 15) is 9.59 Å². The lowest BCUT2D eigenvalue weighted by molar-refractivity contribution is -0.140. The molecule has 2 aromatic heterocycles. The molecule has 9 nitrogen and oxygen atoms in total. The third-order valence-electron chi connectivity index (χ3n) is 7.35. The van der Waals surface area contributed by atoms with Crippen molar-refractivity contribution in [3.63, 3.8) is 0 Å². The summed E-state index contributed by atoms with van der Waals surface area (Å²) in [5.41, 5.74) is 5.40. The number of amides is 2. The van der Waals surface area contributed by atoms with Crippen LogP contribution in [0.4, 0.5) is 11.4 Å². The second-order valence-corrected chi connectivity index (χ2v) is 12.0. The van der Waals surface area contributed by atoms with Crippen LogP contribution in [0.1, 0.15) is 16.6 Å². The van der Waals surface area contributed by atoms with E-state index in [1.807, 2.05) is 103 Å². The first-order valence-corrected chi connectivity index (χ1v) is 15.5. The van der Waals surface area contributed by atoms with E-state index < -0.39 is 6.04 Å². The number of benzene rings is 4. The zero-order valence-corrected chi connectivity index (χ0v) is 26.2. The average Bonchev–Trinajstić information content (AvgIpc) is 3.70. The number of thiazole rings is 1. The largest absolute Gasteiger partial charge is 0.378 e. The number of nitrogens with one attached hydrogen (secondary N) is 1. The SMILES string of the molecule is CN(C)c1ccc(NC(=O)[C@H](c2ccc(Cl)cc2)N(Cc2nc(-c3ccccc3)cs2)C(=O)Cn2nnc3ccccc32)cc1. The molecule has 1 N–H and O–H groups in total. The number of anilines is 2. The van der Waals surface area contributed by atoms with Crippen molar-refractivity contribution in [3.8, 4) is 11.3 Å². The quantitative estimate of drug-likeness (QED) is 0.180. The molecule has 0 spiro atoms. The van der Waals surface area contributed by atoms with Crippen LogP contribution in [-0.2, 0) is 22.7 Å². The van der Waals surface area contributed by atoms with E-state index in [1.165, 1.54) is 11.3 Å². The molecule has 6 aromatic rings. The minimum Gasteiger partial charge on any atom is -0.378 e. The molecule has 0 fully saturated rings. The maximum absolute atomic E-state index is 14.3. The highest BCUT2D eigenvalue weighted by Crippen LogP contribution is 2.30. The van der Waals surface area contributed by atoms with Crippen molar-refractivity contribution in [1.29, 1.82) is 0 Å². The van der Waals surface area contributed by atoms with Crippen molar-refractivity contribution in [1.82, 2.24) is 24.9 Å². The van der Waals surface area contributed by atoms with Crippen molar-refractivity contribution in [3.05, 3.63) is 124 Å². The van der Waals surface area contributed by atoms with E-state index >= 15 is 0 Å². The second kappa shape index (κ2) is 13.3. The fraction of sp³-hybridized carbons (Fsp3) is 0.147. The van der Waals surface area contributed by atoms with Gasteiger partial charge < -0.3 is 15.1 Å². The molecule has 0 aliphatic heterocycles. The molecule has 0 unspecified atom stereocenters. The lowest BCUT2D eigenvalue weighted by Crippen LogP contribution is -2.42. The van der Waals surface area contributed by atoms with E-state index in [0.717, 1.165) is 22.5 Å². The molecule has 45 heavy (non-hydrogen) atoms. The van der Waals surface area contributed by atoms with Gasteiger partial charge in [0.1, 0.15) is 23.1 Å². The summed E-state index contributed by atoms with van der Waals surface area (Å²) in [7, 11) is 3.90. The van der Waals surface area contributed by atoms with Gasteiger partial charge in [0.05, 0.1) is 17.8 Å². The fourth-order valence-electron chi connectivity index (χ4n) is 5.02. The smallest absolute Gasteiger partial charge is 0.251 e. The van der Waals surface area contributed by atoms with Crippen LogP contribution in [0.5, 0.6) is 0 Å². The van der Waals surface area contributed by atoms with Crippen molar-refractivity contribution in [2.75, 3.05) is 24.3 Å². The van der Waals surface area contributed by atoms with Crippen molar-refractivity contribution >= 4 is 57.2 Å². The Morgan fingerprint density at radius 2 is 1.62 bits per heavy atom. The number of halogens is 1. The Kier molecular flexibility index (Phi) is 8.86. The van der Waals surface area contributed by atoms with E-state index in [-0.39, 0.29) is 24.9 Å². The summed E-state index contributed by atoms with van der Waals surface area (Å²) in [6, 6.07) is 30.8. The Hall–Kier alpha value is -5.06. The van der Waals surface area contributed by atoms with Gasteiger partial charge in [0.15, 0.2) is 0 Å². The van der Waals surface area contributed by atoms with Crippen LogP contribution in [0.15, 0.2) is 109 Å². The minimum atomic E-state index is -0.998. The van der Waals surface area contributed by atoms with E-state index in [1.54, 1.807) is 33.8 Å². The lowest BCUT2D eigenvalue weighted by atomic mass is 10.0. The Morgan fingerprint density at radius 1 is 0.911 bits per heavy atom. The summed E-state index contributed by atoms with van der Waals surface area (Å²) < 4.78 is 1.55. The highest BCUT2D eigenvalue weighted by atomic mass is 35.5. The normalized spacial score (nSPS) is 11.7. The summed E-state index contributed by atoms with van der Waals surface area (Å²) in [6.45, 7) is -0.0183. The van der Waals surface area contributed by atoms with Crippen LogP contribution in [0.3, 0.4) is 0 Å². The van der Waals surface area contributed by atoms with Gasteiger partial charge in [-0.1, -0.05) is 71.4 Å². The topological polar surface area (TPSA) is 96.2 Å². The zero-order chi connectivity index (χ0) is 31.3. The van der Waals surface area contributed by atoms with Gasteiger partial charge in [-0.3, -0.25) is 9.59 Å². The van der Waals surface area contributed by atoms with Crippen LogP contribution in [0.2, 0.25) is 5.02 Å². The van der Waals surface area contributed by atoms with Crippen molar-refractivity contribution in [2.45, 2.75) is 19.1 Å². The fourth-order valence-corrected chi connectivity index (χ4v) is 5.95. The molecule has 4 aromatic carbocycles. The van der Waals surface area contributed by atoms with Gasteiger partial charge in [-0.2, -0.15) is 0 Å².